The topological polar surface area (TPSA) is 75.5 Å². The molecule has 1 aromatic heterocycles. The first-order valence-corrected chi connectivity index (χ1v) is 11.1. The minimum Gasteiger partial charge on any atom is -0.335 e. The number of aromatic nitrogens is 2. The average Bonchev–Trinajstić information content (AvgIpc) is 3.26. The minimum absolute atomic E-state index is 0.0800. The van der Waals surface area contributed by atoms with E-state index in [4.69, 9.17) is 0 Å². The predicted molar refractivity (Wildman–Crippen MR) is 103 cm³/mol. The number of carbonyl (C=O) groups is 1. The van der Waals surface area contributed by atoms with Crippen LogP contribution in [0.25, 0.3) is 11.3 Å². The molecule has 0 aliphatic carbocycles. The van der Waals surface area contributed by atoms with Crippen molar-refractivity contribution in [2.45, 2.75) is 12.5 Å². The lowest BCUT2D eigenvalue weighted by Crippen LogP contribution is -2.47. The number of likely N-dealkylation sites (N-methyl/N-ethyl adjacent to an activating group) is 1. The van der Waals surface area contributed by atoms with Gasteiger partial charge in [-0.25, -0.2) is 8.42 Å². The standard InChI is InChI=1S/C19H24N4O3S/c1-21-8-10-22(11-9-21)19(24)17-13-18(15-5-3-2-4-6-15)23(20-17)16-7-12-27(25,26)14-16/h2-6,13,16H,7-12,14H2,1H3/t16-/m0/s1. The fourth-order valence-electron chi connectivity index (χ4n) is 3.74. The molecule has 1 aromatic carbocycles. The smallest absolute Gasteiger partial charge is 0.274 e. The van der Waals surface area contributed by atoms with Crippen molar-refractivity contribution in [2.24, 2.45) is 0 Å². The zero-order valence-electron chi connectivity index (χ0n) is 15.4. The van der Waals surface area contributed by atoms with E-state index in [9.17, 15) is 13.2 Å². The Morgan fingerprint density at radius 3 is 2.44 bits per heavy atom. The van der Waals surface area contributed by atoms with E-state index < -0.39 is 9.84 Å². The maximum atomic E-state index is 13.0. The summed E-state index contributed by atoms with van der Waals surface area (Å²) < 4.78 is 25.7. The summed E-state index contributed by atoms with van der Waals surface area (Å²) in [5, 5.41) is 4.58. The van der Waals surface area contributed by atoms with E-state index in [-0.39, 0.29) is 23.5 Å². The van der Waals surface area contributed by atoms with Gasteiger partial charge >= 0.3 is 0 Å². The summed E-state index contributed by atoms with van der Waals surface area (Å²) >= 11 is 0. The van der Waals surface area contributed by atoms with Gasteiger partial charge in [0.15, 0.2) is 15.5 Å². The van der Waals surface area contributed by atoms with Crippen LogP contribution in [0.4, 0.5) is 0 Å². The highest BCUT2D eigenvalue weighted by atomic mass is 32.2. The van der Waals surface area contributed by atoms with Gasteiger partial charge in [0.1, 0.15) is 0 Å². The Labute approximate surface area is 159 Å². The van der Waals surface area contributed by atoms with Crippen molar-refractivity contribution >= 4 is 15.7 Å². The molecule has 1 atom stereocenters. The summed E-state index contributed by atoms with van der Waals surface area (Å²) in [5.41, 5.74) is 2.13. The van der Waals surface area contributed by atoms with Crippen LogP contribution < -0.4 is 0 Å². The van der Waals surface area contributed by atoms with E-state index >= 15 is 0 Å². The van der Waals surface area contributed by atoms with Crippen molar-refractivity contribution in [1.82, 2.24) is 19.6 Å². The van der Waals surface area contributed by atoms with Gasteiger partial charge in [0.2, 0.25) is 0 Å². The zero-order chi connectivity index (χ0) is 19.0. The highest BCUT2D eigenvalue weighted by Gasteiger charge is 2.33. The van der Waals surface area contributed by atoms with Crippen LogP contribution in [0.5, 0.6) is 0 Å². The lowest BCUT2D eigenvalue weighted by atomic mass is 10.1. The van der Waals surface area contributed by atoms with Crippen LogP contribution in [0.2, 0.25) is 0 Å². The molecule has 0 spiro atoms. The van der Waals surface area contributed by atoms with Crippen molar-refractivity contribution in [2.75, 3.05) is 44.7 Å². The van der Waals surface area contributed by atoms with E-state index in [1.54, 1.807) is 10.7 Å². The van der Waals surface area contributed by atoms with Crippen LogP contribution in [0.3, 0.4) is 0 Å². The first kappa shape index (κ1) is 18.2. The summed E-state index contributed by atoms with van der Waals surface area (Å²) in [5.74, 6) is 0.171. The monoisotopic (exact) mass is 388 g/mol. The van der Waals surface area contributed by atoms with Gasteiger partial charge in [-0.1, -0.05) is 30.3 Å². The van der Waals surface area contributed by atoms with Gasteiger partial charge in [-0.05, 0) is 25.1 Å². The van der Waals surface area contributed by atoms with Gasteiger partial charge < -0.3 is 9.80 Å². The van der Waals surface area contributed by atoms with Crippen LogP contribution in [0, 0.1) is 0 Å². The van der Waals surface area contributed by atoms with E-state index in [0.29, 0.717) is 25.2 Å². The lowest BCUT2D eigenvalue weighted by Gasteiger charge is -2.31. The van der Waals surface area contributed by atoms with Crippen molar-refractivity contribution in [3.05, 3.63) is 42.1 Å². The highest BCUT2D eigenvalue weighted by Crippen LogP contribution is 2.30. The molecule has 0 unspecified atom stereocenters. The molecule has 7 nitrogen and oxygen atoms in total. The van der Waals surface area contributed by atoms with Crippen molar-refractivity contribution in [3.8, 4) is 11.3 Å². The molecule has 2 aromatic rings. The van der Waals surface area contributed by atoms with Gasteiger partial charge in [0, 0.05) is 26.2 Å². The molecule has 2 saturated heterocycles. The van der Waals surface area contributed by atoms with E-state index in [0.717, 1.165) is 24.3 Å². The molecule has 0 bridgehead atoms. The SMILES string of the molecule is CN1CCN(C(=O)c2cc(-c3ccccc3)n([C@H]3CCS(=O)(=O)C3)n2)CC1. The fourth-order valence-corrected chi connectivity index (χ4v) is 5.43. The molecule has 2 aliphatic rings. The first-order valence-electron chi connectivity index (χ1n) is 9.26. The minimum atomic E-state index is -3.04. The number of amides is 1. The molecule has 8 heteroatoms. The van der Waals surface area contributed by atoms with E-state index in [2.05, 4.69) is 10.00 Å². The number of piperazine rings is 1. The van der Waals surface area contributed by atoms with Crippen LogP contribution >= 0.6 is 0 Å². The largest absolute Gasteiger partial charge is 0.335 e. The van der Waals surface area contributed by atoms with E-state index in [1.165, 1.54) is 0 Å². The second-order valence-electron chi connectivity index (χ2n) is 7.38. The second kappa shape index (κ2) is 7.09. The number of rotatable bonds is 3. The maximum Gasteiger partial charge on any atom is 0.274 e. The first-order chi connectivity index (χ1) is 12.9. The highest BCUT2D eigenvalue weighted by molar-refractivity contribution is 7.91. The second-order valence-corrected chi connectivity index (χ2v) is 9.61. The molecule has 0 radical (unpaired) electrons. The Kier molecular flexibility index (Phi) is 4.77. The van der Waals surface area contributed by atoms with Gasteiger partial charge in [-0.2, -0.15) is 5.10 Å². The summed E-state index contributed by atoms with van der Waals surface area (Å²) in [4.78, 5) is 17.0. The third-order valence-corrected chi connectivity index (χ3v) is 7.12. The molecule has 1 amide bonds. The molecule has 3 heterocycles. The summed E-state index contributed by atoms with van der Waals surface area (Å²) in [6.45, 7) is 3.05. The Morgan fingerprint density at radius 2 is 1.81 bits per heavy atom. The summed E-state index contributed by atoms with van der Waals surface area (Å²) in [7, 11) is -0.996. The molecule has 144 valence electrons. The number of sulfone groups is 1. The quantitative estimate of drug-likeness (QED) is 0.792. The Hall–Kier alpha value is -2.19. The van der Waals surface area contributed by atoms with Crippen molar-refractivity contribution in [3.63, 3.8) is 0 Å². The molecule has 27 heavy (non-hydrogen) atoms. The van der Waals surface area contributed by atoms with Crippen LogP contribution in [0.1, 0.15) is 23.0 Å². The summed E-state index contributed by atoms with van der Waals surface area (Å²) in [6.07, 6.45) is 0.534. The van der Waals surface area contributed by atoms with Crippen LogP contribution in [0.15, 0.2) is 36.4 Å². The molecule has 0 saturated carbocycles. The third-order valence-electron chi connectivity index (χ3n) is 5.37. The summed E-state index contributed by atoms with van der Waals surface area (Å²) in [6, 6.07) is 11.3. The molecule has 2 aliphatic heterocycles. The molecular weight excluding hydrogens is 364 g/mol. The fraction of sp³-hybridized carbons (Fsp3) is 0.474. The van der Waals surface area contributed by atoms with Gasteiger partial charge in [-0.15, -0.1) is 0 Å². The number of hydrogen-bond donors (Lipinski definition) is 0. The van der Waals surface area contributed by atoms with Gasteiger partial charge in [-0.3, -0.25) is 9.48 Å². The van der Waals surface area contributed by atoms with E-state index in [1.807, 2.05) is 42.3 Å². The number of nitrogens with zero attached hydrogens (tertiary/aromatic N) is 4. The van der Waals surface area contributed by atoms with Crippen LogP contribution in [-0.2, 0) is 9.84 Å². The Morgan fingerprint density at radius 1 is 1.11 bits per heavy atom. The van der Waals surface area contributed by atoms with Gasteiger partial charge in [0.05, 0.1) is 23.2 Å². The lowest BCUT2D eigenvalue weighted by molar-refractivity contribution is 0.0657. The maximum absolute atomic E-state index is 13.0. The molecule has 0 N–H and O–H groups in total. The van der Waals surface area contributed by atoms with Crippen molar-refractivity contribution in [1.29, 1.82) is 0 Å². The third kappa shape index (κ3) is 3.77. The average molecular weight is 388 g/mol. The van der Waals surface area contributed by atoms with Crippen LogP contribution in [-0.4, -0.2) is 78.6 Å². The van der Waals surface area contributed by atoms with Gasteiger partial charge in [0.25, 0.3) is 5.91 Å². The predicted octanol–water partition coefficient (Wildman–Crippen LogP) is 1.30. The molecule has 2 fully saturated rings. The Balaban J connectivity index is 1.68. The number of benzene rings is 1. The Bertz CT molecular complexity index is 931. The van der Waals surface area contributed by atoms with Crippen molar-refractivity contribution < 1.29 is 13.2 Å². The number of hydrogen-bond acceptors (Lipinski definition) is 5. The number of carbonyl (C=O) groups excluding carboxylic acids is 1. The normalized spacial score (nSPS) is 22.9. The molecular formula is C19H24N4O3S. The zero-order valence-corrected chi connectivity index (χ0v) is 16.2. The molecule has 4 rings (SSSR count).